The van der Waals surface area contributed by atoms with Crippen LogP contribution in [0.4, 0.5) is 0 Å². The van der Waals surface area contributed by atoms with E-state index >= 15 is 0 Å². The van der Waals surface area contributed by atoms with Gasteiger partial charge in [0.1, 0.15) is 0 Å². The Morgan fingerprint density at radius 2 is 1.15 bits per heavy atom. The SMILES string of the molecule is c1ccc(-n2c3cc(-c4ccc(-c5ccncc5)nc4)ccc3c3ccc(-c4cccc5ccccc45)cc32)cc1. The molecule has 8 rings (SSSR count). The summed E-state index contributed by atoms with van der Waals surface area (Å²) in [5.74, 6) is 0. The summed E-state index contributed by atoms with van der Waals surface area (Å²) in [6.45, 7) is 0. The number of benzene rings is 5. The molecule has 0 bridgehead atoms. The fourth-order valence-corrected chi connectivity index (χ4v) is 5.96. The Bertz CT molecular complexity index is 2170. The molecule has 0 atom stereocenters. The molecule has 0 fully saturated rings. The monoisotopic (exact) mass is 523 g/mol. The first-order valence-electron chi connectivity index (χ1n) is 13.8. The molecule has 192 valence electrons. The second kappa shape index (κ2) is 9.58. The van der Waals surface area contributed by atoms with Gasteiger partial charge >= 0.3 is 0 Å². The second-order valence-corrected chi connectivity index (χ2v) is 10.3. The minimum absolute atomic E-state index is 0.941. The molecule has 0 radical (unpaired) electrons. The van der Waals surface area contributed by atoms with Crippen LogP contribution in [-0.2, 0) is 0 Å². The van der Waals surface area contributed by atoms with E-state index in [2.05, 4.69) is 131 Å². The van der Waals surface area contributed by atoms with Crippen molar-refractivity contribution in [3.63, 3.8) is 0 Å². The van der Waals surface area contributed by atoms with E-state index in [1.165, 1.54) is 43.7 Å². The highest BCUT2D eigenvalue weighted by Crippen LogP contribution is 2.38. The topological polar surface area (TPSA) is 30.7 Å². The van der Waals surface area contributed by atoms with Gasteiger partial charge in [0, 0.05) is 46.2 Å². The zero-order valence-electron chi connectivity index (χ0n) is 22.3. The third-order valence-corrected chi connectivity index (χ3v) is 7.96. The van der Waals surface area contributed by atoms with Crippen molar-refractivity contribution >= 4 is 32.6 Å². The fourth-order valence-electron chi connectivity index (χ4n) is 5.96. The number of para-hydroxylation sites is 1. The molecule has 41 heavy (non-hydrogen) atoms. The maximum absolute atomic E-state index is 4.76. The summed E-state index contributed by atoms with van der Waals surface area (Å²) in [5, 5.41) is 4.99. The minimum atomic E-state index is 0.941. The van der Waals surface area contributed by atoms with Crippen LogP contribution in [0.1, 0.15) is 0 Å². The first-order chi connectivity index (χ1) is 20.3. The van der Waals surface area contributed by atoms with Crippen LogP contribution in [0.15, 0.2) is 152 Å². The van der Waals surface area contributed by atoms with Gasteiger partial charge in [0.15, 0.2) is 0 Å². The van der Waals surface area contributed by atoms with Crippen LogP contribution in [-0.4, -0.2) is 14.5 Å². The van der Waals surface area contributed by atoms with Gasteiger partial charge in [-0.3, -0.25) is 9.97 Å². The zero-order valence-corrected chi connectivity index (χ0v) is 22.3. The van der Waals surface area contributed by atoms with E-state index in [0.717, 1.165) is 28.1 Å². The molecule has 0 saturated carbocycles. The number of hydrogen-bond donors (Lipinski definition) is 0. The summed E-state index contributed by atoms with van der Waals surface area (Å²) in [4.78, 5) is 8.89. The third kappa shape index (κ3) is 3.98. The third-order valence-electron chi connectivity index (χ3n) is 7.96. The highest BCUT2D eigenvalue weighted by molar-refractivity contribution is 6.11. The van der Waals surface area contributed by atoms with Gasteiger partial charge < -0.3 is 4.57 Å². The van der Waals surface area contributed by atoms with Gasteiger partial charge in [-0.05, 0) is 69.9 Å². The highest BCUT2D eigenvalue weighted by atomic mass is 15.0. The normalized spacial score (nSPS) is 11.4. The van der Waals surface area contributed by atoms with Gasteiger partial charge in [-0.1, -0.05) is 91.0 Å². The quantitative estimate of drug-likeness (QED) is 0.230. The predicted octanol–water partition coefficient (Wildman–Crippen LogP) is 9.73. The Hall–Kier alpha value is -5.54. The Morgan fingerprint density at radius 1 is 0.463 bits per heavy atom. The highest BCUT2D eigenvalue weighted by Gasteiger charge is 2.15. The van der Waals surface area contributed by atoms with Crippen LogP contribution >= 0.6 is 0 Å². The Labute approximate surface area is 238 Å². The van der Waals surface area contributed by atoms with E-state index in [0.29, 0.717) is 0 Å². The Kier molecular flexibility index (Phi) is 5.46. The number of pyridine rings is 2. The second-order valence-electron chi connectivity index (χ2n) is 10.3. The lowest BCUT2D eigenvalue weighted by Crippen LogP contribution is -1.94. The van der Waals surface area contributed by atoms with E-state index in [9.17, 15) is 0 Å². The summed E-state index contributed by atoms with van der Waals surface area (Å²) in [5.41, 5.74) is 10.2. The fraction of sp³-hybridized carbons (Fsp3) is 0. The van der Waals surface area contributed by atoms with Crippen molar-refractivity contribution < 1.29 is 0 Å². The lowest BCUT2D eigenvalue weighted by molar-refractivity contribution is 1.18. The van der Waals surface area contributed by atoms with Gasteiger partial charge in [0.2, 0.25) is 0 Å². The zero-order chi connectivity index (χ0) is 27.2. The first kappa shape index (κ1) is 23.4. The van der Waals surface area contributed by atoms with Crippen molar-refractivity contribution in [2.45, 2.75) is 0 Å². The van der Waals surface area contributed by atoms with Crippen molar-refractivity contribution in [1.82, 2.24) is 14.5 Å². The Morgan fingerprint density at radius 3 is 1.93 bits per heavy atom. The van der Waals surface area contributed by atoms with Crippen molar-refractivity contribution in [3.05, 3.63) is 152 Å². The molecule has 0 amide bonds. The lowest BCUT2D eigenvalue weighted by atomic mass is 9.97. The summed E-state index contributed by atoms with van der Waals surface area (Å²) in [6.07, 6.45) is 5.56. The average Bonchev–Trinajstić information content (AvgIpc) is 3.38. The number of nitrogens with zero attached hydrogens (tertiary/aromatic N) is 3. The number of fused-ring (bicyclic) bond motifs is 4. The molecule has 0 aliphatic rings. The molecular weight excluding hydrogens is 498 g/mol. The van der Waals surface area contributed by atoms with Gasteiger partial charge in [0.25, 0.3) is 0 Å². The molecule has 3 heteroatoms. The maximum Gasteiger partial charge on any atom is 0.0703 e. The van der Waals surface area contributed by atoms with E-state index in [1.807, 2.05) is 18.3 Å². The van der Waals surface area contributed by atoms with Crippen molar-refractivity contribution in [1.29, 1.82) is 0 Å². The van der Waals surface area contributed by atoms with E-state index in [4.69, 9.17) is 4.98 Å². The lowest BCUT2D eigenvalue weighted by Gasteiger charge is -2.11. The molecule has 0 saturated heterocycles. The smallest absolute Gasteiger partial charge is 0.0703 e. The van der Waals surface area contributed by atoms with Crippen LogP contribution in [0, 0.1) is 0 Å². The number of rotatable bonds is 4. The van der Waals surface area contributed by atoms with Crippen LogP contribution in [0.3, 0.4) is 0 Å². The summed E-state index contributed by atoms with van der Waals surface area (Å²) in [7, 11) is 0. The number of aromatic nitrogens is 3. The standard InChI is InChI=1S/C38H25N3/c1-2-9-31(10-3-1)41-37-23-28(30-15-18-36(40-25-30)27-19-21-39-22-20-27)13-16-34(37)35-17-14-29(24-38(35)41)33-12-6-8-26-7-4-5-11-32(26)33/h1-25H. The van der Waals surface area contributed by atoms with Crippen molar-refractivity contribution in [2.75, 3.05) is 0 Å². The van der Waals surface area contributed by atoms with Gasteiger partial charge in [-0.15, -0.1) is 0 Å². The minimum Gasteiger partial charge on any atom is -0.309 e. The molecule has 3 aromatic heterocycles. The van der Waals surface area contributed by atoms with Crippen LogP contribution < -0.4 is 0 Å². The molecule has 0 aliphatic carbocycles. The summed E-state index contributed by atoms with van der Waals surface area (Å²) >= 11 is 0. The molecule has 8 aromatic rings. The van der Waals surface area contributed by atoms with Gasteiger partial charge in [-0.2, -0.15) is 0 Å². The predicted molar refractivity (Wildman–Crippen MR) is 170 cm³/mol. The maximum atomic E-state index is 4.76. The molecule has 0 spiro atoms. The molecule has 3 nitrogen and oxygen atoms in total. The number of hydrogen-bond acceptors (Lipinski definition) is 2. The summed E-state index contributed by atoms with van der Waals surface area (Å²) < 4.78 is 2.39. The molecular formula is C38H25N3. The van der Waals surface area contributed by atoms with Crippen LogP contribution in [0.5, 0.6) is 0 Å². The summed E-state index contributed by atoms with van der Waals surface area (Å²) in [6, 6.07) is 47.6. The molecule has 0 unspecified atom stereocenters. The van der Waals surface area contributed by atoms with E-state index < -0.39 is 0 Å². The van der Waals surface area contributed by atoms with E-state index in [1.54, 1.807) is 12.4 Å². The van der Waals surface area contributed by atoms with Crippen molar-refractivity contribution in [3.8, 4) is 39.2 Å². The van der Waals surface area contributed by atoms with E-state index in [-0.39, 0.29) is 0 Å². The van der Waals surface area contributed by atoms with Gasteiger partial charge in [0.05, 0.1) is 16.7 Å². The molecule has 5 aromatic carbocycles. The van der Waals surface area contributed by atoms with Crippen molar-refractivity contribution in [2.24, 2.45) is 0 Å². The molecule has 0 aliphatic heterocycles. The average molecular weight is 524 g/mol. The van der Waals surface area contributed by atoms with Gasteiger partial charge in [-0.25, -0.2) is 0 Å². The first-order valence-corrected chi connectivity index (χ1v) is 13.8. The molecule has 3 heterocycles. The van der Waals surface area contributed by atoms with Crippen LogP contribution in [0.25, 0.3) is 71.8 Å². The molecule has 0 N–H and O–H groups in total. The largest absolute Gasteiger partial charge is 0.309 e. The van der Waals surface area contributed by atoms with Crippen LogP contribution in [0.2, 0.25) is 0 Å². The Balaban J connectivity index is 1.32.